The summed E-state index contributed by atoms with van der Waals surface area (Å²) in [5, 5.41) is 25.1. The van der Waals surface area contributed by atoms with Gasteiger partial charge in [-0.05, 0) is 77.9 Å². The van der Waals surface area contributed by atoms with Gasteiger partial charge in [0.25, 0.3) is 16.0 Å². The number of aromatic nitrogens is 3. The molecule has 7 aromatic rings. The Morgan fingerprint density at radius 1 is 0.700 bits per heavy atom. The highest BCUT2D eigenvalue weighted by atomic mass is 32.3. The normalized spacial score (nSPS) is 13.1. The summed E-state index contributed by atoms with van der Waals surface area (Å²) in [6, 6.07) is 32.7. The van der Waals surface area contributed by atoms with Crippen LogP contribution in [0.4, 0.5) is 5.95 Å². The summed E-state index contributed by atoms with van der Waals surface area (Å²) in [6.45, 7) is 3.35. The predicted molar refractivity (Wildman–Crippen MR) is 335 cm³/mol. The molecule has 0 saturated carbocycles. The van der Waals surface area contributed by atoms with Crippen molar-refractivity contribution in [1.29, 1.82) is 0 Å². The molecule has 0 aliphatic heterocycles. The van der Waals surface area contributed by atoms with Gasteiger partial charge < -0.3 is 60.0 Å². The number of hydrogen-bond donors (Lipinski definition) is 12. The van der Waals surface area contributed by atoms with Crippen LogP contribution in [0, 0.1) is 13.8 Å². The molecular formula is C60H70N10O17S3. The fourth-order valence-corrected chi connectivity index (χ4v) is 13.1. The lowest BCUT2D eigenvalue weighted by Gasteiger charge is -2.38. The van der Waals surface area contributed by atoms with Gasteiger partial charge in [-0.25, -0.2) is 13.4 Å². The molecule has 0 bridgehead atoms. The smallest absolute Gasteiger partial charge is 0.323 e. The Morgan fingerprint density at radius 3 is 1.83 bits per heavy atom. The first kappa shape index (κ1) is 68.5. The van der Waals surface area contributed by atoms with Crippen molar-refractivity contribution in [1.82, 2.24) is 45.4 Å². The summed E-state index contributed by atoms with van der Waals surface area (Å²) in [5.74, 6) is -7.90. The minimum Gasteiger partial charge on any atom is -0.494 e. The van der Waals surface area contributed by atoms with E-state index in [0.29, 0.717) is 11.5 Å². The highest BCUT2D eigenvalue weighted by Crippen LogP contribution is 2.42. The summed E-state index contributed by atoms with van der Waals surface area (Å²) in [5.41, 5.74) is 2.84. The summed E-state index contributed by atoms with van der Waals surface area (Å²) in [7, 11) is -12.2. The molecule has 0 spiro atoms. The quantitative estimate of drug-likeness (QED) is 0.0167. The molecule has 5 aromatic carbocycles. The molecule has 90 heavy (non-hydrogen) atoms. The maximum Gasteiger partial charge on any atom is 0.323 e. The molecule has 0 unspecified atom stereocenters. The number of aryl methyl sites for hydroxylation is 3. The number of sulfonamides is 1. The Hall–Kier alpha value is -9.01. The van der Waals surface area contributed by atoms with Crippen molar-refractivity contribution in [2.75, 3.05) is 43.1 Å². The molecule has 5 amide bonds. The number of nitrogens with zero attached hydrogens (tertiary/aromatic N) is 3. The number of hydrogen-bond acceptors (Lipinski definition) is 17. The molecule has 12 N–H and O–H groups in total. The first-order chi connectivity index (χ1) is 42.6. The largest absolute Gasteiger partial charge is 0.494 e. The highest BCUT2D eigenvalue weighted by Gasteiger charge is 2.40. The van der Waals surface area contributed by atoms with Gasteiger partial charge in [0.1, 0.15) is 40.7 Å². The molecule has 3 atom stereocenters. The van der Waals surface area contributed by atoms with Crippen molar-refractivity contribution in [3.05, 3.63) is 189 Å². The van der Waals surface area contributed by atoms with Crippen LogP contribution in [0.2, 0.25) is 0 Å². The van der Waals surface area contributed by atoms with Gasteiger partial charge in [0, 0.05) is 70.0 Å². The predicted octanol–water partition coefficient (Wildman–Crippen LogP) is 3.85. The van der Waals surface area contributed by atoms with E-state index in [1.54, 1.807) is 29.9 Å². The average Bonchev–Trinajstić information content (AvgIpc) is 1.25. The molecule has 0 saturated heterocycles. The number of carboxylic acid groups (broad SMARTS) is 1. The second-order valence-electron chi connectivity index (χ2n) is 20.9. The maximum atomic E-state index is 13.9. The number of benzene rings is 5. The Bertz CT molecular complexity index is 3920. The van der Waals surface area contributed by atoms with Gasteiger partial charge in [0.05, 0.1) is 33.6 Å². The zero-order valence-electron chi connectivity index (χ0n) is 49.3. The van der Waals surface area contributed by atoms with Gasteiger partial charge in [-0.1, -0.05) is 104 Å². The van der Waals surface area contributed by atoms with Crippen molar-refractivity contribution < 1.29 is 73.7 Å². The Labute approximate surface area is 520 Å². The van der Waals surface area contributed by atoms with Gasteiger partial charge in [0.15, 0.2) is 0 Å². The molecule has 0 aliphatic carbocycles. The minimum atomic E-state index is -4.83. The lowest BCUT2D eigenvalue weighted by molar-refractivity contribution is -0.138. The van der Waals surface area contributed by atoms with Crippen molar-refractivity contribution in [2.45, 2.75) is 75.1 Å². The second-order valence-corrected chi connectivity index (χ2v) is 25.6. The number of ether oxygens (including phenoxy) is 1. The maximum absolute atomic E-state index is 13.9. The van der Waals surface area contributed by atoms with Gasteiger partial charge in [-0.15, -0.1) is 0 Å². The van der Waals surface area contributed by atoms with E-state index in [1.165, 1.54) is 39.1 Å². The Balaban J connectivity index is 0.915. The highest BCUT2D eigenvalue weighted by molar-refractivity contribution is 8.19. The number of rotatable bonds is 31. The number of amides is 5. The zero-order chi connectivity index (χ0) is 65.6. The van der Waals surface area contributed by atoms with Crippen molar-refractivity contribution in [3.8, 4) is 5.75 Å². The zero-order valence-corrected chi connectivity index (χ0v) is 51.7. The number of fused-ring (bicyclic) bond motifs is 1. The standard InChI is InChI=1S/C60H70N10O17S3/c1-5-51(71)66-49(37-89(82,83)84)57(76)67-48(36-88(79,80)81)56(75)62-26-25-61-52(72)22-15-29-87-44-30-38(2)54(39(3)31-44)90(85,86)68-47(58(77)78)34-64-55(74)46-35-69(4)50-32-40(23-24-45(50)53(46)73)33-65-59-63-27-28-70(59)60(41-16-9-6-10-17-41,42-18-11-7-12-19-42)43-20-13-8-14-21-43/h6-14,16-21,23-24,27-28,30-32,35,47-49,68,79-81H,5,15,22,25-26,29,33-34,36-37H2,1-4H3,(H,61,72)(H,62,75)(H,63,65)(H,64,74)(H,66,71)(H,67,76)(H,77,78)(H,82,83,84)/t47-,48-,49-/m0/s1. The lowest BCUT2D eigenvalue weighted by atomic mass is 9.76. The van der Waals surface area contributed by atoms with Crippen LogP contribution in [0.3, 0.4) is 0 Å². The van der Waals surface area contributed by atoms with E-state index >= 15 is 0 Å². The number of nitrogens with one attached hydrogen (secondary N) is 7. The van der Waals surface area contributed by atoms with Crippen LogP contribution < -0.4 is 46.8 Å². The van der Waals surface area contributed by atoms with Crippen LogP contribution in [0.25, 0.3) is 10.9 Å². The Kier molecular flexibility index (Phi) is 22.8. The topological polar surface area (TPSA) is 405 Å². The number of carboxylic acids is 1. The monoisotopic (exact) mass is 1300 g/mol. The number of carbonyl (C=O) groups excluding carboxylic acids is 5. The minimum absolute atomic E-state index is 0.0327. The molecule has 2 heterocycles. The number of carbonyl (C=O) groups is 6. The second kappa shape index (κ2) is 30.0. The number of pyridine rings is 1. The third kappa shape index (κ3) is 17.6. The van der Waals surface area contributed by atoms with E-state index in [2.05, 4.69) is 72.3 Å². The van der Waals surface area contributed by atoms with Crippen molar-refractivity contribution in [3.63, 3.8) is 0 Å². The SMILES string of the molecule is CCC(=O)N[C@@H](CS(=O)(=O)O)C(=O)N[C@@H](CS(O)(O)O)C(=O)NCCNC(=O)CCCOc1cc(C)c(S(=O)(=O)N[C@@H](CNC(=O)c2cn(C)c3cc(CNc4nccn4C(c4ccccc4)(c4ccccc4)c4ccccc4)ccc3c2=O)C(=O)O)c(C)c1. The van der Waals surface area contributed by atoms with Crippen LogP contribution in [0.5, 0.6) is 5.75 Å². The summed E-state index contributed by atoms with van der Waals surface area (Å²) >= 11 is 0. The fourth-order valence-electron chi connectivity index (χ4n) is 10.2. The lowest BCUT2D eigenvalue weighted by Crippen LogP contribution is -2.57. The molecule has 30 heteroatoms. The fraction of sp³-hybridized carbons (Fsp3) is 0.300. The molecule has 0 aliphatic rings. The third-order valence-electron chi connectivity index (χ3n) is 14.2. The molecule has 7 rings (SSSR count). The summed E-state index contributed by atoms with van der Waals surface area (Å²) in [6.07, 6.45) is 4.85. The van der Waals surface area contributed by atoms with E-state index < -0.39 is 114 Å². The van der Waals surface area contributed by atoms with Crippen LogP contribution in [0.15, 0.2) is 150 Å². The Morgan fingerprint density at radius 2 is 1.28 bits per heavy atom. The van der Waals surface area contributed by atoms with Gasteiger partial charge >= 0.3 is 5.97 Å². The number of imidazole rings is 1. The molecule has 27 nitrogen and oxygen atoms in total. The van der Waals surface area contributed by atoms with Crippen LogP contribution >= 0.6 is 10.9 Å². The van der Waals surface area contributed by atoms with E-state index in [4.69, 9.17) is 9.72 Å². The van der Waals surface area contributed by atoms with E-state index in [0.717, 1.165) is 22.3 Å². The van der Waals surface area contributed by atoms with Crippen LogP contribution in [-0.2, 0) is 63.2 Å². The average molecular weight is 1300 g/mol. The molecular weight excluding hydrogens is 1230 g/mol. The number of aliphatic carboxylic acids is 1. The number of anilines is 1. The summed E-state index contributed by atoms with van der Waals surface area (Å²) in [4.78, 5) is 94.7. The van der Waals surface area contributed by atoms with Gasteiger partial charge in [0.2, 0.25) is 45.0 Å². The summed E-state index contributed by atoms with van der Waals surface area (Å²) < 4.78 is 100. The van der Waals surface area contributed by atoms with Crippen LogP contribution in [0.1, 0.15) is 69.9 Å². The van der Waals surface area contributed by atoms with Gasteiger partial charge in [-0.3, -0.25) is 42.7 Å². The van der Waals surface area contributed by atoms with Crippen molar-refractivity contribution >= 4 is 83.4 Å². The van der Waals surface area contributed by atoms with Gasteiger partial charge in [-0.2, -0.15) is 13.1 Å². The first-order valence-corrected chi connectivity index (χ1v) is 32.8. The first-order valence-electron chi connectivity index (χ1n) is 28.0. The molecule has 480 valence electrons. The van der Waals surface area contributed by atoms with E-state index in [-0.39, 0.29) is 78.2 Å². The molecule has 0 fully saturated rings. The van der Waals surface area contributed by atoms with E-state index in [9.17, 15) is 73.7 Å². The van der Waals surface area contributed by atoms with Crippen LogP contribution in [-0.4, -0.2) is 146 Å². The van der Waals surface area contributed by atoms with E-state index in [1.807, 2.05) is 72.2 Å². The van der Waals surface area contributed by atoms with Crippen molar-refractivity contribution in [2.24, 2.45) is 7.05 Å². The third-order valence-corrected chi connectivity index (χ3v) is 17.5. The molecule has 2 aromatic heterocycles. The molecule has 0 radical (unpaired) electrons.